The molecule has 4 aromatic rings. The fourth-order valence-electron chi connectivity index (χ4n) is 4.35. The van der Waals surface area contributed by atoms with Gasteiger partial charge in [0.25, 0.3) is 5.91 Å². The van der Waals surface area contributed by atoms with E-state index in [1.54, 1.807) is 43.4 Å². The minimum absolute atomic E-state index is 0.0415. The number of fused-ring (bicyclic) bond motifs is 1. The smallest absolute Gasteiger partial charge is 0.254 e. The molecule has 0 aliphatic heterocycles. The Balaban J connectivity index is 1.53. The van der Waals surface area contributed by atoms with Crippen LogP contribution in [0.3, 0.4) is 0 Å². The van der Waals surface area contributed by atoms with Gasteiger partial charge in [-0.1, -0.05) is 54.6 Å². The summed E-state index contributed by atoms with van der Waals surface area (Å²) in [5, 5.41) is 1.16. The van der Waals surface area contributed by atoms with Crippen LogP contribution in [0.15, 0.2) is 85.1 Å². The summed E-state index contributed by atoms with van der Waals surface area (Å²) in [7, 11) is 3.14. The maximum Gasteiger partial charge on any atom is 0.254 e. The number of carbonyl (C=O) groups excluding carboxylic acids is 2. The molecule has 3 aromatic carbocycles. The van der Waals surface area contributed by atoms with Crippen LogP contribution in [-0.4, -0.2) is 67.1 Å². The molecule has 2 amide bonds. The van der Waals surface area contributed by atoms with Crippen molar-refractivity contribution in [1.82, 2.24) is 14.8 Å². The third-order valence-electron chi connectivity index (χ3n) is 6.39. The number of nitrogens with one attached hydrogen (secondary N) is 1. The first-order valence-corrected chi connectivity index (χ1v) is 12.4. The van der Waals surface area contributed by atoms with Gasteiger partial charge in [0, 0.05) is 49.4 Å². The first-order chi connectivity index (χ1) is 18.1. The number of para-hydroxylation sites is 1. The van der Waals surface area contributed by atoms with Gasteiger partial charge in [-0.15, -0.1) is 0 Å². The maximum atomic E-state index is 13.7. The fourth-order valence-corrected chi connectivity index (χ4v) is 4.35. The highest BCUT2D eigenvalue weighted by Crippen LogP contribution is 2.19. The van der Waals surface area contributed by atoms with E-state index in [0.29, 0.717) is 44.0 Å². The molecule has 192 valence electrons. The third-order valence-corrected chi connectivity index (χ3v) is 6.39. The van der Waals surface area contributed by atoms with E-state index in [2.05, 4.69) is 11.1 Å². The molecule has 0 radical (unpaired) electrons. The summed E-state index contributed by atoms with van der Waals surface area (Å²) in [6.07, 6.45) is 2.71. The molecular formula is C30H33N3O4. The van der Waals surface area contributed by atoms with Crippen molar-refractivity contribution in [2.24, 2.45) is 0 Å². The molecule has 0 saturated heterocycles. The second-order valence-corrected chi connectivity index (χ2v) is 8.86. The van der Waals surface area contributed by atoms with E-state index < -0.39 is 0 Å². The van der Waals surface area contributed by atoms with Crippen LogP contribution < -0.4 is 4.74 Å². The zero-order valence-corrected chi connectivity index (χ0v) is 21.4. The van der Waals surface area contributed by atoms with Crippen LogP contribution in [0, 0.1) is 0 Å². The second-order valence-electron chi connectivity index (χ2n) is 8.86. The van der Waals surface area contributed by atoms with Gasteiger partial charge >= 0.3 is 0 Å². The van der Waals surface area contributed by atoms with Gasteiger partial charge < -0.3 is 24.3 Å². The summed E-state index contributed by atoms with van der Waals surface area (Å²) >= 11 is 0. The van der Waals surface area contributed by atoms with Gasteiger partial charge in [-0.2, -0.15) is 0 Å². The first kappa shape index (κ1) is 26.0. The SMILES string of the molecule is COCCN(CC(=O)N(CCc1c[nH]c2ccccc12)Cc1ccccc1)C(=O)c1cccc(OC)c1. The monoisotopic (exact) mass is 499 g/mol. The van der Waals surface area contributed by atoms with Gasteiger partial charge in [-0.05, 0) is 41.8 Å². The Hall–Kier alpha value is -4.10. The van der Waals surface area contributed by atoms with E-state index in [-0.39, 0.29) is 18.4 Å². The summed E-state index contributed by atoms with van der Waals surface area (Å²) in [6.45, 7) is 1.59. The minimum Gasteiger partial charge on any atom is -0.497 e. The molecule has 37 heavy (non-hydrogen) atoms. The summed E-state index contributed by atoms with van der Waals surface area (Å²) in [5.41, 5.74) is 3.74. The average molecular weight is 500 g/mol. The van der Waals surface area contributed by atoms with Crippen molar-refractivity contribution in [1.29, 1.82) is 0 Å². The van der Waals surface area contributed by atoms with Crippen molar-refractivity contribution in [2.75, 3.05) is 40.5 Å². The summed E-state index contributed by atoms with van der Waals surface area (Å²) in [5.74, 6) is 0.241. The lowest BCUT2D eigenvalue weighted by Gasteiger charge is -2.28. The lowest BCUT2D eigenvalue weighted by atomic mass is 10.1. The van der Waals surface area contributed by atoms with Crippen LogP contribution in [-0.2, 0) is 22.5 Å². The molecule has 0 fully saturated rings. The first-order valence-electron chi connectivity index (χ1n) is 12.4. The Morgan fingerprint density at radius 3 is 2.43 bits per heavy atom. The van der Waals surface area contributed by atoms with E-state index in [9.17, 15) is 9.59 Å². The molecule has 0 aliphatic carbocycles. The number of aromatic nitrogens is 1. The Morgan fingerprint density at radius 1 is 0.865 bits per heavy atom. The molecule has 1 N–H and O–H groups in total. The summed E-state index contributed by atoms with van der Waals surface area (Å²) in [6, 6.07) is 25.0. The lowest BCUT2D eigenvalue weighted by Crippen LogP contribution is -2.44. The van der Waals surface area contributed by atoms with Crippen molar-refractivity contribution >= 4 is 22.7 Å². The van der Waals surface area contributed by atoms with Crippen molar-refractivity contribution in [2.45, 2.75) is 13.0 Å². The normalized spacial score (nSPS) is 10.9. The maximum absolute atomic E-state index is 13.7. The van der Waals surface area contributed by atoms with Gasteiger partial charge in [0.05, 0.1) is 13.7 Å². The van der Waals surface area contributed by atoms with E-state index in [4.69, 9.17) is 9.47 Å². The Bertz CT molecular complexity index is 1320. The number of methoxy groups -OCH3 is 2. The number of ether oxygens (including phenoxy) is 2. The standard InChI is InChI=1S/C30H33N3O4/c1-36-18-17-33(30(35)24-11-8-12-26(19-24)37-2)22-29(34)32(21-23-9-4-3-5-10-23)16-15-25-20-31-28-14-7-6-13-27(25)28/h3-14,19-20,31H,15-18,21-22H2,1-2H3. The largest absolute Gasteiger partial charge is 0.497 e. The van der Waals surface area contributed by atoms with Crippen LogP contribution >= 0.6 is 0 Å². The van der Waals surface area contributed by atoms with E-state index >= 15 is 0 Å². The van der Waals surface area contributed by atoms with Crippen LogP contribution in [0.4, 0.5) is 0 Å². The quantitative estimate of drug-likeness (QED) is 0.311. The molecule has 0 aliphatic rings. The zero-order valence-electron chi connectivity index (χ0n) is 21.4. The van der Waals surface area contributed by atoms with Crippen LogP contribution in [0.5, 0.6) is 5.75 Å². The van der Waals surface area contributed by atoms with Gasteiger partial charge in [-0.3, -0.25) is 9.59 Å². The number of H-pyrrole nitrogens is 1. The number of benzene rings is 3. The van der Waals surface area contributed by atoms with E-state index in [1.165, 1.54) is 0 Å². The predicted octanol–water partition coefficient (Wildman–Crippen LogP) is 4.54. The van der Waals surface area contributed by atoms with Gasteiger partial charge in [0.2, 0.25) is 5.91 Å². The molecule has 1 aromatic heterocycles. The Morgan fingerprint density at radius 2 is 1.65 bits per heavy atom. The number of nitrogens with zero attached hydrogens (tertiary/aromatic N) is 2. The highest BCUT2D eigenvalue weighted by Gasteiger charge is 2.23. The summed E-state index contributed by atoms with van der Waals surface area (Å²) in [4.78, 5) is 33.7. The topological polar surface area (TPSA) is 74.9 Å². The minimum atomic E-state index is -0.236. The molecule has 0 saturated carbocycles. The molecule has 0 unspecified atom stereocenters. The van der Waals surface area contributed by atoms with Gasteiger partial charge in [0.1, 0.15) is 12.3 Å². The molecule has 7 nitrogen and oxygen atoms in total. The van der Waals surface area contributed by atoms with Gasteiger partial charge in [-0.25, -0.2) is 0 Å². The molecule has 0 bridgehead atoms. The number of hydrogen-bond donors (Lipinski definition) is 1. The van der Waals surface area contributed by atoms with Crippen LogP contribution in [0.2, 0.25) is 0 Å². The Labute approximate surface area is 217 Å². The van der Waals surface area contributed by atoms with Crippen molar-refractivity contribution in [3.8, 4) is 5.75 Å². The molecule has 0 atom stereocenters. The highest BCUT2D eigenvalue weighted by atomic mass is 16.5. The number of rotatable bonds is 12. The third kappa shape index (κ3) is 6.77. The number of carbonyl (C=O) groups is 2. The van der Waals surface area contributed by atoms with Crippen molar-refractivity contribution in [3.05, 3.63) is 102 Å². The number of hydrogen-bond acceptors (Lipinski definition) is 4. The molecule has 4 rings (SSSR count). The molecule has 1 heterocycles. The fraction of sp³-hybridized carbons (Fsp3) is 0.267. The van der Waals surface area contributed by atoms with Crippen LogP contribution in [0.1, 0.15) is 21.5 Å². The highest BCUT2D eigenvalue weighted by molar-refractivity contribution is 5.97. The zero-order chi connectivity index (χ0) is 26.0. The molecule has 0 spiro atoms. The van der Waals surface area contributed by atoms with E-state index in [0.717, 1.165) is 22.0 Å². The van der Waals surface area contributed by atoms with Crippen molar-refractivity contribution < 1.29 is 19.1 Å². The predicted molar refractivity (Wildman–Crippen MR) is 145 cm³/mol. The molecular weight excluding hydrogens is 466 g/mol. The second kappa shape index (κ2) is 12.7. The average Bonchev–Trinajstić information content (AvgIpc) is 3.36. The lowest BCUT2D eigenvalue weighted by molar-refractivity contribution is -0.132. The summed E-state index contributed by atoms with van der Waals surface area (Å²) < 4.78 is 10.5. The van der Waals surface area contributed by atoms with E-state index in [1.807, 2.05) is 59.6 Å². The van der Waals surface area contributed by atoms with Crippen molar-refractivity contribution in [3.63, 3.8) is 0 Å². The van der Waals surface area contributed by atoms with Gasteiger partial charge in [0.15, 0.2) is 0 Å². The Kier molecular flexibility index (Phi) is 8.94. The number of amides is 2. The number of aromatic amines is 1. The molecule has 7 heteroatoms. The van der Waals surface area contributed by atoms with Crippen LogP contribution in [0.25, 0.3) is 10.9 Å².